The van der Waals surface area contributed by atoms with Gasteiger partial charge < -0.3 is 15.4 Å². The first-order valence-corrected chi connectivity index (χ1v) is 10.4. The summed E-state index contributed by atoms with van der Waals surface area (Å²) >= 11 is 0. The first-order chi connectivity index (χ1) is 15.4. The van der Waals surface area contributed by atoms with Crippen molar-refractivity contribution in [3.63, 3.8) is 0 Å². The van der Waals surface area contributed by atoms with E-state index in [1.165, 1.54) is 0 Å². The lowest BCUT2D eigenvalue weighted by molar-refractivity contribution is -0.123. The molecule has 0 bridgehead atoms. The number of fused-ring (bicyclic) bond motifs is 1. The van der Waals surface area contributed by atoms with Crippen LogP contribution in [0.3, 0.4) is 0 Å². The molecule has 1 aliphatic rings. The maximum Gasteiger partial charge on any atom is 0.338 e. The van der Waals surface area contributed by atoms with Crippen molar-refractivity contribution >= 4 is 29.3 Å². The minimum atomic E-state index is -0.735. The largest absolute Gasteiger partial charge is 0.462 e. The quantitative estimate of drug-likeness (QED) is 0.576. The number of carbonyl (C=O) groups is 3. The van der Waals surface area contributed by atoms with Crippen molar-refractivity contribution < 1.29 is 19.1 Å². The zero-order valence-corrected chi connectivity index (χ0v) is 18.1. The number of rotatable bonds is 6. The predicted octanol–water partition coefficient (Wildman–Crippen LogP) is 3.87. The SMILES string of the molecule is CCOC(=O)c1ccc(NC(=O)CC2C(=O)Nc3c(-c4ccc(C)cc4)c(C)nn32)cc1. The number of nitrogens with one attached hydrogen (secondary N) is 2. The first kappa shape index (κ1) is 21.3. The Bertz CT molecular complexity index is 1180. The van der Waals surface area contributed by atoms with E-state index in [9.17, 15) is 14.4 Å². The molecule has 164 valence electrons. The van der Waals surface area contributed by atoms with E-state index in [0.717, 1.165) is 22.4 Å². The molecule has 0 aliphatic carbocycles. The van der Waals surface area contributed by atoms with Crippen molar-refractivity contribution in [2.24, 2.45) is 0 Å². The number of hydrogen-bond acceptors (Lipinski definition) is 5. The van der Waals surface area contributed by atoms with Crippen LogP contribution in [0.5, 0.6) is 0 Å². The van der Waals surface area contributed by atoms with Gasteiger partial charge in [-0.15, -0.1) is 0 Å². The number of hydrogen-bond donors (Lipinski definition) is 2. The smallest absolute Gasteiger partial charge is 0.338 e. The Kier molecular flexibility index (Phi) is 5.77. The molecule has 1 aliphatic heterocycles. The lowest BCUT2D eigenvalue weighted by Gasteiger charge is -2.10. The van der Waals surface area contributed by atoms with E-state index >= 15 is 0 Å². The normalized spacial score (nSPS) is 14.6. The van der Waals surface area contributed by atoms with E-state index < -0.39 is 12.0 Å². The van der Waals surface area contributed by atoms with Crippen LogP contribution in [0.4, 0.5) is 11.5 Å². The summed E-state index contributed by atoms with van der Waals surface area (Å²) in [5, 5.41) is 10.2. The Morgan fingerprint density at radius 3 is 2.44 bits per heavy atom. The number of ether oxygens (including phenoxy) is 1. The summed E-state index contributed by atoms with van der Waals surface area (Å²) in [5.41, 5.74) is 4.67. The van der Waals surface area contributed by atoms with Crippen LogP contribution in [-0.4, -0.2) is 34.2 Å². The summed E-state index contributed by atoms with van der Waals surface area (Å²) in [6.07, 6.45) is -0.0626. The molecule has 4 rings (SSSR count). The van der Waals surface area contributed by atoms with Crippen molar-refractivity contribution in [1.29, 1.82) is 0 Å². The summed E-state index contributed by atoms with van der Waals surface area (Å²) in [5.74, 6) is -0.410. The molecule has 1 aromatic heterocycles. The minimum Gasteiger partial charge on any atom is -0.462 e. The highest BCUT2D eigenvalue weighted by atomic mass is 16.5. The molecule has 0 radical (unpaired) electrons. The summed E-state index contributed by atoms with van der Waals surface area (Å²) in [7, 11) is 0. The van der Waals surface area contributed by atoms with Crippen LogP contribution in [0.2, 0.25) is 0 Å². The molecule has 0 fully saturated rings. The third kappa shape index (κ3) is 4.12. The number of benzene rings is 2. The van der Waals surface area contributed by atoms with Crippen molar-refractivity contribution in [3.8, 4) is 11.1 Å². The fourth-order valence-electron chi connectivity index (χ4n) is 3.74. The third-order valence-electron chi connectivity index (χ3n) is 5.32. The zero-order valence-electron chi connectivity index (χ0n) is 18.1. The molecule has 8 nitrogen and oxygen atoms in total. The fraction of sp³-hybridized carbons (Fsp3) is 0.250. The molecule has 0 saturated heterocycles. The Balaban J connectivity index is 1.48. The second-order valence-electron chi connectivity index (χ2n) is 7.67. The molecule has 2 N–H and O–H groups in total. The average molecular weight is 432 g/mol. The van der Waals surface area contributed by atoms with Gasteiger partial charge >= 0.3 is 5.97 Å². The molecular weight excluding hydrogens is 408 g/mol. The van der Waals surface area contributed by atoms with E-state index in [4.69, 9.17) is 4.74 Å². The number of aryl methyl sites for hydroxylation is 2. The van der Waals surface area contributed by atoms with Gasteiger partial charge in [-0.1, -0.05) is 29.8 Å². The minimum absolute atomic E-state index is 0.0626. The molecular formula is C24H24N4O4. The van der Waals surface area contributed by atoms with Crippen molar-refractivity contribution in [2.45, 2.75) is 33.2 Å². The van der Waals surface area contributed by atoms with Gasteiger partial charge in [0, 0.05) is 11.3 Å². The lowest BCUT2D eigenvalue weighted by atomic mass is 10.0. The highest BCUT2D eigenvalue weighted by molar-refractivity contribution is 6.04. The van der Waals surface area contributed by atoms with Crippen molar-refractivity contribution in [3.05, 3.63) is 65.4 Å². The highest BCUT2D eigenvalue weighted by Gasteiger charge is 2.36. The number of aromatic nitrogens is 2. The van der Waals surface area contributed by atoms with Gasteiger partial charge in [-0.3, -0.25) is 9.59 Å². The molecule has 2 amide bonds. The standard InChI is InChI=1S/C24H24N4O4/c1-4-32-24(31)17-9-11-18(12-10-17)25-20(29)13-19-23(30)26-22-21(15(3)27-28(19)22)16-7-5-14(2)6-8-16/h5-12,19H,4,13H2,1-3H3,(H,25,29)(H,26,30). The van der Waals surface area contributed by atoms with E-state index in [1.807, 2.05) is 38.1 Å². The number of esters is 1. The predicted molar refractivity (Wildman–Crippen MR) is 120 cm³/mol. The Morgan fingerprint density at radius 1 is 1.09 bits per heavy atom. The molecule has 8 heteroatoms. The third-order valence-corrected chi connectivity index (χ3v) is 5.32. The summed E-state index contributed by atoms with van der Waals surface area (Å²) in [4.78, 5) is 37.0. The summed E-state index contributed by atoms with van der Waals surface area (Å²) in [6.45, 7) is 5.93. The molecule has 1 unspecified atom stereocenters. The average Bonchev–Trinajstić information content (AvgIpc) is 3.23. The van der Waals surface area contributed by atoms with Crippen LogP contribution < -0.4 is 10.6 Å². The molecule has 1 atom stereocenters. The molecule has 32 heavy (non-hydrogen) atoms. The van der Waals surface area contributed by atoms with E-state index in [2.05, 4.69) is 15.7 Å². The summed E-state index contributed by atoms with van der Waals surface area (Å²) in [6, 6.07) is 13.7. The number of amides is 2. The van der Waals surface area contributed by atoms with Crippen LogP contribution in [0.1, 0.15) is 41.0 Å². The van der Waals surface area contributed by atoms with Gasteiger partial charge in [-0.25, -0.2) is 9.48 Å². The van der Waals surface area contributed by atoms with Gasteiger partial charge in [-0.05, 0) is 50.6 Å². The number of nitrogens with zero attached hydrogens (tertiary/aromatic N) is 2. The van der Waals surface area contributed by atoms with Gasteiger partial charge in [-0.2, -0.15) is 5.10 Å². The summed E-state index contributed by atoms with van der Waals surface area (Å²) < 4.78 is 6.55. The van der Waals surface area contributed by atoms with Crippen LogP contribution in [-0.2, 0) is 14.3 Å². The number of carbonyl (C=O) groups excluding carboxylic acids is 3. The Morgan fingerprint density at radius 2 is 1.78 bits per heavy atom. The molecule has 0 saturated carbocycles. The Hall–Kier alpha value is -3.94. The lowest BCUT2D eigenvalue weighted by Crippen LogP contribution is -2.23. The topological polar surface area (TPSA) is 102 Å². The van der Waals surface area contributed by atoms with Crippen LogP contribution in [0, 0.1) is 13.8 Å². The second-order valence-corrected chi connectivity index (χ2v) is 7.67. The van der Waals surface area contributed by atoms with E-state index in [0.29, 0.717) is 23.7 Å². The molecule has 3 aromatic rings. The maximum atomic E-state index is 12.6. The Labute approximate surface area is 185 Å². The van der Waals surface area contributed by atoms with E-state index in [1.54, 1.807) is 35.9 Å². The van der Waals surface area contributed by atoms with Gasteiger partial charge in [0.05, 0.1) is 24.3 Å². The van der Waals surface area contributed by atoms with Crippen molar-refractivity contribution in [1.82, 2.24) is 9.78 Å². The molecule has 0 spiro atoms. The van der Waals surface area contributed by atoms with Crippen molar-refractivity contribution in [2.75, 3.05) is 17.2 Å². The number of anilines is 2. The first-order valence-electron chi connectivity index (χ1n) is 10.4. The zero-order chi connectivity index (χ0) is 22.8. The monoisotopic (exact) mass is 432 g/mol. The van der Waals surface area contributed by atoms with Gasteiger partial charge in [0.15, 0.2) is 0 Å². The van der Waals surface area contributed by atoms with Crippen LogP contribution in [0.25, 0.3) is 11.1 Å². The van der Waals surface area contributed by atoms with Gasteiger partial charge in [0.25, 0.3) is 5.91 Å². The van der Waals surface area contributed by atoms with Gasteiger partial charge in [0.1, 0.15) is 11.9 Å². The molecule has 2 heterocycles. The van der Waals surface area contributed by atoms with Crippen LogP contribution in [0.15, 0.2) is 48.5 Å². The maximum absolute atomic E-state index is 12.6. The van der Waals surface area contributed by atoms with Crippen LogP contribution >= 0.6 is 0 Å². The van der Waals surface area contributed by atoms with Gasteiger partial charge in [0.2, 0.25) is 5.91 Å². The second kappa shape index (κ2) is 8.66. The fourth-order valence-corrected chi connectivity index (χ4v) is 3.74. The van der Waals surface area contributed by atoms with E-state index in [-0.39, 0.29) is 18.2 Å². The highest BCUT2D eigenvalue weighted by Crippen LogP contribution is 2.38. The molecule has 2 aromatic carbocycles.